The first-order chi connectivity index (χ1) is 13.1. The van der Waals surface area contributed by atoms with Crippen molar-refractivity contribution < 1.29 is 19.1 Å². The number of nitrogens with one attached hydrogen (secondary N) is 1. The Labute approximate surface area is 161 Å². The van der Waals surface area contributed by atoms with Gasteiger partial charge in [-0.1, -0.05) is 31.7 Å². The molecule has 3 rings (SSSR count). The van der Waals surface area contributed by atoms with Gasteiger partial charge >= 0.3 is 0 Å². The number of likely N-dealkylation sites (tertiary alicyclic amines) is 1. The molecule has 1 N–H and O–H groups in total. The van der Waals surface area contributed by atoms with Gasteiger partial charge in [-0.25, -0.2) is 0 Å². The Morgan fingerprint density at radius 1 is 1.11 bits per heavy atom. The molecular formula is C21H30N2O4. The Morgan fingerprint density at radius 3 is 2.48 bits per heavy atom. The van der Waals surface area contributed by atoms with Gasteiger partial charge in [0.05, 0.1) is 20.1 Å². The molecule has 0 radical (unpaired) electrons. The molecule has 2 aliphatic rings. The standard InChI is InChI=1S/C21H30N2O4/c1-26-18-10-9-15(11-19(18)27-2)13-23-14-16(12-20(23)24)21(25)22-17-7-5-3-4-6-8-17/h9-11,16-17H,3-8,12-14H2,1-2H3,(H,22,25). The number of amides is 2. The van der Waals surface area contributed by atoms with Gasteiger partial charge in [0, 0.05) is 25.6 Å². The molecule has 6 nitrogen and oxygen atoms in total. The number of carbonyl (C=O) groups is 2. The van der Waals surface area contributed by atoms with Crippen LogP contribution in [0.2, 0.25) is 0 Å². The van der Waals surface area contributed by atoms with Crippen molar-refractivity contribution in [1.82, 2.24) is 10.2 Å². The van der Waals surface area contributed by atoms with Crippen molar-refractivity contribution in [3.63, 3.8) is 0 Å². The summed E-state index contributed by atoms with van der Waals surface area (Å²) in [4.78, 5) is 26.8. The molecule has 2 amide bonds. The van der Waals surface area contributed by atoms with E-state index in [9.17, 15) is 9.59 Å². The van der Waals surface area contributed by atoms with E-state index in [-0.39, 0.29) is 23.8 Å². The van der Waals surface area contributed by atoms with Crippen molar-refractivity contribution in [1.29, 1.82) is 0 Å². The van der Waals surface area contributed by atoms with Crippen molar-refractivity contribution >= 4 is 11.8 Å². The highest BCUT2D eigenvalue weighted by Gasteiger charge is 2.35. The maximum Gasteiger partial charge on any atom is 0.225 e. The van der Waals surface area contributed by atoms with Crippen LogP contribution in [0.25, 0.3) is 0 Å². The van der Waals surface area contributed by atoms with Crippen LogP contribution in [0.4, 0.5) is 0 Å². The molecule has 1 aliphatic carbocycles. The van der Waals surface area contributed by atoms with Gasteiger partial charge in [-0.15, -0.1) is 0 Å². The third-order valence-electron chi connectivity index (χ3n) is 5.61. The van der Waals surface area contributed by atoms with Crippen molar-refractivity contribution in [2.45, 2.75) is 57.5 Å². The van der Waals surface area contributed by atoms with E-state index in [2.05, 4.69) is 5.32 Å². The minimum atomic E-state index is -0.249. The highest BCUT2D eigenvalue weighted by Crippen LogP contribution is 2.29. The van der Waals surface area contributed by atoms with Crippen LogP contribution < -0.4 is 14.8 Å². The highest BCUT2D eigenvalue weighted by atomic mass is 16.5. The third-order valence-corrected chi connectivity index (χ3v) is 5.61. The highest BCUT2D eigenvalue weighted by molar-refractivity contribution is 5.89. The predicted molar refractivity (Wildman–Crippen MR) is 103 cm³/mol. The molecule has 27 heavy (non-hydrogen) atoms. The van der Waals surface area contributed by atoms with E-state index >= 15 is 0 Å². The minimum Gasteiger partial charge on any atom is -0.493 e. The molecule has 0 aromatic heterocycles. The quantitative estimate of drug-likeness (QED) is 0.778. The first-order valence-corrected chi connectivity index (χ1v) is 9.89. The Balaban J connectivity index is 1.57. The van der Waals surface area contributed by atoms with Crippen LogP contribution in [0.15, 0.2) is 18.2 Å². The average Bonchev–Trinajstić information content (AvgIpc) is 2.87. The van der Waals surface area contributed by atoms with E-state index < -0.39 is 0 Å². The normalized spacial score (nSPS) is 21.0. The number of ether oxygens (including phenoxy) is 2. The summed E-state index contributed by atoms with van der Waals surface area (Å²) in [5, 5.41) is 3.18. The molecule has 1 aromatic carbocycles. The van der Waals surface area contributed by atoms with E-state index in [0.717, 1.165) is 18.4 Å². The van der Waals surface area contributed by atoms with Crippen molar-refractivity contribution in [3.05, 3.63) is 23.8 Å². The second-order valence-corrected chi connectivity index (χ2v) is 7.56. The van der Waals surface area contributed by atoms with Gasteiger partial charge < -0.3 is 19.7 Å². The fraction of sp³-hybridized carbons (Fsp3) is 0.619. The van der Waals surface area contributed by atoms with Crippen LogP contribution in [-0.2, 0) is 16.1 Å². The van der Waals surface area contributed by atoms with Crippen LogP contribution in [0.5, 0.6) is 11.5 Å². The summed E-state index contributed by atoms with van der Waals surface area (Å²) in [6.07, 6.45) is 7.29. The maximum atomic E-state index is 12.6. The summed E-state index contributed by atoms with van der Waals surface area (Å²) in [5.74, 6) is 1.12. The smallest absolute Gasteiger partial charge is 0.225 e. The van der Waals surface area contributed by atoms with Crippen LogP contribution in [-0.4, -0.2) is 43.5 Å². The average molecular weight is 374 g/mol. The number of hydrogen-bond acceptors (Lipinski definition) is 4. The zero-order chi connectivity index (χ0) is 19.2. The van der Waals surface area contributed by atoms with Crippen molar-refractivity contribution in [2.75, 3.05) is 20.8 Å². The summed E-state index contributed by atoms with van der Waals surface area (Å²) < 4.78 is 10.6. The second-order valence-electron chi connectivity index (χ2n) is 7.56. The second kappa shape index (κ2) is 9.11. The topological polar surface area (TPSA) is 67.9 Å². The number of hydrogen-bond donors (Lipinski definition) is 1. The van der Waals surface area contributed by atoms with Crippen LogP contribution >= 0.6 is 0 Å². The summed E-state index contributed by atoms with van der Waals surface area (Å²) in [6.45, 7) is 0.956. The lowest BCUT2D eigenvalue weighted by Crippen LogP contribution is -2.39. The number of rotatable bonds is 6. The van der Waals surface area contributed by atoms with E-state index in [1.54, 1.807) is 19.1 Å². The monoisotopic (exact) mass is 374 g/mol. The molecule has 1 aliphatic heterocycles. The zero-order valence-corrected chi connectivity index (χ0v) is 16.3. The number of benzene rings is 1. The third kappa shape index (κ3) is 4.93. The molecule has 1 aromatic rings. The number of nitrogens with zero attached hydrogens (tertiary/aromatic N) is 1. The first kappa shape index (κ1) is 19.5. The lowest BCUT2D eigenvalue weighted by Gasteiger charge is -2.20. The minimum absolute atomic E-state index is 0.0325. The number of methoxy groups -OCH3 is 2. The van der Waals surface area contributed by atoms with Gasteiger partial charge in [-0.2, -0.15) is 0 Å². The first-order valence-electron chi connectivity index (χ1n) is 9.89. The van der Waals surface area contributed by atoms with Crippen LogP contribution in [0.3, 0.4) is 0 Å². The van der Waals surface area contributed by atoms with E-state index in [1.165, 1.54) is 25.7 Å². The number of carbonyl (C=O) groups excluding carboxylic acids is 2. The molecule has 1 saturated carbocycles. The van der Waals surface area contributed by atoms with E-state index in [4.69, 9.17) is 9.47 Å². The van der Waals surface area contributed by atoms with Gasteiger partial charge in [0.25, 0.3) is 0 Å². The Hall–Kier alpha value is -2.24. The summed E-state index contributed by atoms with van der Waals surface area (Å²) >= 11 is 0. The van der Waals surface area contributed by atoms with Crippen LogP contribution in [0.1, 0.15) is 50.5 Å². The van der Waals surface area contributed by atoms with Gasteiger partial charge in [0.2, 0.25) is 11.8 Å². The van der Waals surface area contributed by atoms with Crippen molar-refractivity contribution in [3.8, 4) is 11.5 Å². The van der Waals surface area contributed by atoms with Crippen LogP contribution in [0, 0.1) is 5.92 Å². The summed E-state index contributed by atoms with van der Waals surface area (Å²) in [7, 11) is 3.19. The Morgan fingerprint density at radius 2 is 1.81 bits per heavy atom. The molecule has 6 heteroatoms. The molecule has 0 spiro atoms. The lowest BCUT2D eigenvalue weighted by atomic mass is 10.0. The fourth-order valence-electron chi connectivity index (χ4n) is 4.04. The summed E-state index contributed by atoms with van der Waals surface area (Å²) in [6, 6.07) is 5.92. The molecule has 2 fully saturated rings. The molecule has 0 bridgehead atoms. The van der Waals surface area contributed by atoms with E-state index in [1.807, 2.05) is 18.2 Å². The SMILES string of the molecule is COc1ccc(CN2CC(C(=O)NC3CCCCCC3)CC2=O)cc1OC. The van der Waals surface area contributed by atoms with Gasteiger partial charge in [-0.3, -0.25) is 9.59 Å². The Kier molecular flexibility index (Phi) is 6.58. The zero-order valence-electron chi connectivity index (χ0n) is 16.3. The van der Waals surface area contributed by atoms with Gasteiger partial charge in [-0.05, 0) is 30.5 Å². The molecule has 1 atom stereocenters. The maximum absolute atomic E-state index is 12.6. The van der Waals surface area contributed by atoms with Gasteiger partial charge in [0.1, 0.15) is 0 Å². The Bertz CT molecular complexity index is 668. The lowest BCUT2D eigenvalue weighted by molar-refractivity contribution is -0.129. The van der Waals surface area contributed by atoms with E-state index in [0.29, 0.717) is 31.0 Å². The predicted octanol–water partition coefficient (Wildman–Crippen LogP) is 2.89. The fourth-order valence-corrected chi connectivity index (χ4v) is 4.04. The van der Waals surface area contributed by atoms with Crippen molar-refractivity contribution in [2.24, 2.45) is 5.92 Å². The molecule has 1 saturated heterocycles. The van der Waals surface area contributed by atoms with Gasteiger partial charge in [0.15, 0.2) is 11.5 Å². The molecular weight excluding hydrogens is 344 g/mol. The summed E-state index contributed by atoms with van der Waals surface area (Å²) in [5.41, 5.74) is 0.964. The molecule has 148 valence electrons. The molecule has 1 unspecified atom stereocenters. The molecule has 1 heterocycles. The largest absolute Gasteiger partial charge is 0.493 e.